The van der Waals surface area contributed by atoms with Crippen LogP contribution in [0.4, 0.5) is 0 Å². The monoisotopic (exact) mass is 270 g/mol. The normalized spacial score (nSPS) is 35.1. The maximum absolute atomic E-state index is 9.80. The van der Waals surface area contributed by atoms with Crippen molar-refractivity contribution in [3.05, 3.63) is 29.8 Å². The Balaban J connectivity index is 2.08. The van der Waals surface area contributed by atoms with Crippen molar-refractivity contribution >= 4 is 0 Å². The van der Waals surface area contributed by atoms with E-state index in [1.165, 1.54) is 0 Å². The first-order chi connectivity index (χ1) is 9.02. The van der Waals surface area contributed by atoms with Gasteiger partial charge < -0.3 is 29.9 Å². The van der Waals surface area contributed by atoms with E-state index in [0.29, 0.717) is 5.75 Å². The van der Waals surface area contributed by atoms with E-state index in [-0.39, 0.29) is 0 Å². The van der Waals surface area contributed by atoms with Crippen LogP contribution < -0.4 is 4.74 Å². The molecular weight excluding hydrogens is 252 g/mol. The maximum atomic E-state index is 9.80. The summed E-state index contributed by atoms with van der Waals surface area (Å²) in [6.45, 7) is 1.45. The minimum absolute atomic E-state index is 0.468. The Kier molecular flexibility index (Phi) is 4.38. The summed E-state index contributed by atoms with van der Waals surface area (Å²) in [6, 6.07) is 7.08. The van der Waals surface area contributed by atoms with E-state index in [9.17, 15) is 15.3 Å². The van der Waals surface area contributed by atoms with Crippen LogP contribution >= 0.6 is 0 Å². The third kappa shape index (κ3) is 3.05. The second kappa shape index (κ2) is 5.85. The third-order valence-electron chi connectivity index (χ3n) is 3.12. The summed E-state index contributed by atoms with van der Waals surface area (Å²) in [7, 11) is 0. The topological polar surface area (TPSA) is 99.4 Å². The molecule has 0 radical (unpaired) electrons. The van der Waals surface area contributed by atoms with Crippen molar-refractivity contribution in [1.29, 1.82) is 0 Å². The van der Waals surface area contributed by atoms with Gasteiger partial charge in [-0.2, -0.15) is 0 Å². The van der Waals surface area contributed by atoms with Gasteiger partial charge in [0.15, 0.2) is 0 Å². The Hall–Kier alpha value is -1.18. The summed E-state index contributed by atoms with van der Waals surface area (Å²) in [5.41, 5.74) is 1.06. The molecule has 1 saturated heterocycles. The van der Waals surface area contributed by atoms with Crippen LogP contribution in [0.25, 0.3) is 0 Å². The zero-order chi connectivity index (χ0) is 14.0. The Labute approximate surface area is 110 Å². The van der Waals surface area contributed by atoms with Crippen LogP contribution in [0.15, 0.2) is 24.3 Å². The van der Waals surface area contributed by atoms with Gasteiger partial charge >= 0.3 is 0 Å². The molecule has 0 spiro atoms. The molecule has 0 aromatic heterocycles. The van der Waals surface area contributed by atoms with Crippen molar-refractivity contribution in [1.82, 2.24) is 0 Å². The number of ether oxygens (including phenoxy) is 2. The van der Waals surface area contributed by atoms with Crippen LogP contribution in [0.1, 0.15) is 5.56 Å². The predicted octanol–water partition coefficient (Wildman–Crippen LogP) is -0.826. The van der Waals surface area contributed by atoms with Crippen molar-refractivity contribution in [2.24, 2.45) is 0 Å². The van der Waals surface area contributed by atoms with Gasteiger partial charge in [0.25, 0.3) is 0 Å². The highest BCUT2D eigenvalue weighted by Crippen LogP contribution is 2.24. The summed E-state index contributed by atoms with van der Waals surface area (Å²) >= 11 is 0. The lowest BCUT2D eigenvalue weighted by atomic mass is 9.99. The molecule has 5 atom stereocenters. The fourth-order valence-electron chi connectivity index (χ4n) is 1.92. The molecule has 6 heteroatoms. The molecule has 0 amide bonds. The fourth-order valence-corrected chi connectivity index (χ4v) is 1.92. The molecule has 1 aromatic rings. The average molecular weight is 270 g/mol. The standard InChI is InChI=1S/C13H18O6/c1-7-2-4-8(5-3-7)18-13-12(17)11(16)10(15)9(6-14)19-13/h2-5,9-17H,6H2,1H3/t9-,10-,11+,12+,13+/m1/s1. The molecule has 0 aliphatic carbocycles. The van der Waals surface area contributed by atoms with Crippen molar-refractivity contribution < 1.29 is 29.9 Å². The van der Waals surface area contributed by atoms with E-state index in [2.05, 4.69) is 0 Å². The highest BCUT2D eigenvalue weighted by molar-refractivity contribution is 5.26. The fraction of sp³-hybridized carbons (Fsp3) is 0.538. The SMILES string of the molecule is Cc1ccc(O[C@H]2O[C@H](CO)[C@@H](O)[C@H](O)[C@@H]2O)cc1. The van der Waals surface area contributed by atoms with Gasteiger partial charge in [-0.05, 0) is 19.1 Å². The predicted molar refractivity (Wildman–Crippen MR) is 65.6 cm³/mol. The molecule has 0 unspecified atom stereocenters. The number of aryl methyl sites for hydroxylation is 1. The lowest BCUT2D eigenvalue weighted by Crippen LogP contribution is -2.60. The Morgan fingerprint density at radius 2 is 1.68 bits per heavy atom. The maximum Gasteiger partial charge on any atom is 0.229 e. The van der Waals surface area contributed by atoms with Gasteiger partial charge in [-0.15, -0.1) is 0 Å². The molecule has 1 aliphatic heterocycles. The lowest BCUT2D eigenvalue weighted by molar-refractivity contribution is -0.277. The third-order valence-corrected chi connectivity index (χ3v) is 3.12. The summed E-state index contributed by atoms with van der Waals surface area (Å²) in [6.07, 6.45) is -6.30. The van der Waals surface area contributed by atoms with E-state index < -0.39 is 37.3 Å². The van der Waals surface area contributed by atoms with Crippen LogP contribution in [0.5, 0.6) is 5.75 Å². The van der Waals surface area contributed by atoms with Gasteiger partial charge in [-0.25, -0.2) is 0 Å². The van der Waals surface area contributed by atoms with Gasteiger partial charge in [0.05, 0.1) is 6.61 Å². The van der Waals surface area contributed by atoms with E-state index in [1.54, 1.807) is 12.1 Å². The van der Waals surface area contributed by atoms with Gasteiger partial charge in [0.1, 0.15) is 30.2 Å². The van der Waals surface area contributed by atoms with Crippen molar-refractivity contribution in [3.63, 3.8) is 0 Å². The second-order valence-electron chi connectivity index (χ2n) is 4.63. The molecule has 0 bridgehead atoms. The second-order valence-corrected chi connectivity index (χ2v) is 4.63. The molecule has 1 heterocycles. The molecule has 1 aromatic carbocycles. The smallest absolute Gasteiger partial charge is 0.229 e. The van der Waals surface area contributed by atoms with Gasteiger partial charge in [-0.3, -0.25) is 0 Å². The number of hydrogen-bond acceptors (Lipinski definition) is 6. The van der Waals surface area contributed by atoms with Gasteiger partial charge in [0, 0.05) is 0 Å². The zero-order valence-corrected chi connectivity index (χ0v) is 10.5. The first-order valence-corrected chi connectivity index (χ1v) is 6.07. The van der Waals surface area contributed by atoms with E-state index in [1.807, 2.05) is 19.1 Å². The minimum Gasteiger partial charge on any atom is -0.462 e. The zero-order valence-electron chi connectivity index (χ0n) is 10.5. The lowest BCUT2D eigenvalue weighted by Gasteiger charge is -2.39. The van der Waals surface area contributed by atoms with E-state index in [0.717, 1.165) is 5.56 Å². The Bertz CT molecular complexity index is 404. The summed E-state index contributed by atoms with van der Waals surface area (Å²) in [5.74, 6) is 0.468. The molecule has 1 aliphatic rings. The molecule has 4 N–H and O–H groups in total. The quantitative estimate of drug-likeness (QED) is 0.572. The molecule has 0 saturated carbocycles. The summed E-state index contributed by atoms with van der Waals surface area (Å²) < 4.78 is 10.7. The van der Waals surface area contributed by atoms with Gasteiger partial charge in [0.2, 0.25) is 6.29 Å². The highest BCUT2D eigenvalue weighted by atomic mass is 16.7. The van der Waals surface area contributed by atoms with Crippen LogP contribution in [0.3, 0.4) is 0 Å². The molecule has 106 valence electrons. The number of hydrogen-bond donors (Lipinski definition) is 4. The van der Waals surface area contributed by atoms with Crippen molar-refractivity contribution in [2.75, 3.05) is 6.61 Å². The summed E-state index contributed by atoms with van der Waals surface area (Å²) in [4.78, 5) is 0. The van der Waals surface area contributed by atoms with Crippen LogP contribution in [-0.4, -0.2) is 57.7 Å². The largest absolute Gasteiger partial charge is 0.462 e. The number of benzene rings is 1. The average Bonchev–Trinajstić information content (AvgIpc) is 2.42. The van der Waals surface area contributed by atoms with Crippen molar-refractivity contribution in [3.8, 4) is 5.75 Å². The first kappa shape index (κ1) is 14.2. The molecule has 19 heavy (non-hydrogen) atoms. The molecule has 2 rings (SSSR count). The number of aliphatic hydroxyl groups is 4. The highest BCUT2D eigenvalue weighted by Gasteiger charge is 2.44. The van der Waals surface area contributed by atoms with E-state index in [4.69, 9.17) is 14.6 Å². The molecule has 1 fully saturated rings. The van der Waals surface area contributed by atoms with Crippen LogP contribution in [-0.2, 0) is 4.74 Å². The Morgan fingerprint density at radius 3 is 2.26 bits per heavy atom. The van der Waals surface area contributed by atoms with Crippen LogP contribution in [0.2, 0.25) is 0 Å². The minimum atomic E-state index is -1.43. The van der Waals surface area contributed by atoms with Gasteiger partial charge in [-0.1, -0.05) is 17.7 Å². The molecule has 6 nitrogen and oxygen atoms in total. The van der Waals surface area contributed by atoms with Crippen LogP contribution in [0, 0.1) is 6.92 Å². The van der Waals surface area contributed by atoms with E-state index >= 15 is 0 Å². The number of rotatable bonds is 3. The summed E-state index contributed by atoms with van der Waals surface area (Å²) in [5, 5.41) is 38.1. The first-order valence-electron chi connectivity index (χ1n) is 6.07. The van der Waals surface area contributed by atoms with Crippen molar-refractivity contribution in [2.45, 2.75) is 37.6 Å². The Morgan fingerprint density at radius 1 is 1.05 bits per heavy atom. The number of aliphatic hydroxyl groups excluding tert-OH is 4. The molecular formula is C13H18O6.